The van der Waals surface area contributed by atoms with E-state index >= 15 is 0 Å². The summed E-state index contributed by atoms with van der Waals surface area (Å²) < 4.78 is 0. The molecule has 0 heterocycles. The van der Waals surface area contributed by atoms with Crippen molar-refractivity contribution >= 4 is 5.91 Å². The van der Waals surface area contributed by atoms with Gasteiger partial charge < -0.3 is 4.90 Å². The number of carbonyl (C=O) groups is 1. The molecule has 0 aliphatic heterocycles. The molecule has 0 N–H and O–H groups in total. The van der Waals surface area contributed by atoms with E-state index in [0.29, 0.717) is 0 Å². The fraction of sp³-hybridized carbons (Fsp3) is 0.562. The average Bonchev–Trinajstić information content (AvgIpc) is 2.29. The number of hydrogen-bond donors (Lipinski definition) is 0. The average molecular weight is 247 g/mol. The van der Waals surface area contributed by atoms with Crippen LogP contribution in [0.1, 0.15) is 47.1 Å². The van der Waals surface area contributed by atoms with Crippen LogP contribution in [0.4, 0.5) is 0 Å². The highest BCUT2D eigenvalue weighted by molar-refractivity contribution is 5.87. The molecule has 0 unspecified atom stereocenters. The van der Waals surface area contributed by atoms with Crippen molar-refractivity contribution in [2.45, 2.75) is 59.0 Å². The Balaban J connectivity index is 3.08. The largest absolute Gasteiger partial charge is 0.337 e. The van der Waals surface area contributed by atoms with Crippen LogP contribution in [0, 0.1) is 0 Å². The Kier molecular flexibility index (Phi) is 4.55. The van der Waals surface area contributed by atoms with Crippen molar-refractivity contribution in [2.24, 2.45) is 0 Å². The summed E-state index contributed by atoms with van der Waals surface area (Å²) in [6.07, 6.45) is 0. The molecule has 0 saturated carbocycles. The molecule has 1 rings (SSSR count). The molecular weight excluding hydrogens is 222 g/mol. The molecule has 0 saturated heterocycles. The van der Waals surface area contributed by atoms with Crippen LogP contribution >= 0.6 is 0 Å². The van der Waals surface area contributed by atoms with E-state index in [1.54, 1.807) is 0 Å². The van der Waals surface area contributed by atoms with Crippen LogP contribution in [0.3, 0.4) is 0 Å². The second kappa shape index (κ2) is 5.55. The molecule has 0 fully saturated rings. The fourth-order valence-electron chi connectivity index (χ4n) is 2.37. The van der Waals surface area contributed by atoms with E-state index in [1.807, 2.05) is 49.1 Å². The molecule has 1 aromatic carbocycles. The summed E-state index contributed by atoms with van der Waals surface area (Å²) in [5.41, 5.74) is 0.594. The lowest BCUT2D eigenvalue weighted by molar-refractivity contribution is -0.140. The maximum absolute atomic E-state index is 12.8. The molecule has 0 aliphatic rings. The molecule has 0 bridgehead atoms. The van der Waals surface area contributed by atoms with E-state index in [-0.39, 0.29) is 18.0 Å². The summed E-state index contributed by atoms with van der Waals surface area (Å²) in [5.74, 6) is 0.193. The van der Waals surface area contributed by atoms with Gasteiger partial charge in [-0.25, -0.2) is 0 Å². The van der Waals surface area contributed by atoms with E-state index in [4.69, 9.17) is 0 Å². The molecule has 100 valence electrons. The van der Waals surface area contributed by atoms with Crippen LogP contribution in [0.25, 0.3) is 0 Å². The van der Waals surface area contributed by atoms with E-state index in [0.717, 1.165) is 5.56 Å². The highest BCUT2D eigenvalue weighted by atomic mass is 16.2. The number of amides is 1. The third-order valence-electron chi connectivity index (χ3n) is 3.38. The molecule has 0 aromatic heterocycles. The van der Waals surface area contributed by atoms with E-state index < -0.39 is 5.41 Å². The Morgan fingerprint density at radius 1 is 1.00 bits per heavy atom. The second-order valence-corrected chi connectivity index (χ2v) is 5.89. The monoisotopic (exact) mass is 247 g/mol. The van der Waals surface area contributed by atoms with Crippen molar-refractivity contribution in [3.05, 3.63) is 35.9 Å². The highest BCUT2D eigenvalue weighted by Gasteiger charge is 2.35. The number of benzene rings is 1. The number of carbonyl (C=O) groups excluding carboxylic acids is 1. The number of hydrogen-bond acceptors (Lipinski definition) is 1. The standard InChI is InChI=1S/C16H25NO/c1-12(2)17(13(3)4)15(18)16(5,6)14-10-8-7-9-11-14/h7-13H,1-6H3. The molecular formula is C16H25NO. The molecule has 2 nitrogen and oxygen atoms in total. The lowest BCUT2D eigenvalue weighted by atomic mass is 9.82. The van der Waals surface area contributed by atoms with Gasteiger partial charge in [-0.1, -0.05) is 30.3 Å². The Morgan fingerprint density at radius 2 is 1.44 bits per heavy atom. The molecule has 18 heavy (non-hydrogen) atoms. The van der Waals surface area contributed by atoms with Crippen molar-refractivity contribution in [3.8, 4) is 0 Å². The Hall–Kier alpha value is -1.31. The first-order valence-corrected chi connectivity index (χ1v) is 6.66. The van der Waals surface area contributed by atoms with Crippen LogP contribution in [-0.4, -0.2) is 22.9 Å². The normalized spacial score (nSPS) is 12.0. The first-order chi connectivity index (χ1) is 8.28. The number of rotatable bonds is 4. The third-order valence-corrected chi connectivity index (χ3v) is 3.38. The molecule has 1 aromatic rings. The van der Waals surface area contributed by atoms with Crippen molar-refractivity contribution in [1.82, 2.24) is 4.90 Å². The van der Waals surface area contributed by atoms with E-state index in [1.165, 1.54) is 0 Å². The maximum Gasteiger partial charge on any atom is 0.233 e. The van der Waals surface area contributed by atoms with Crippen molar-refractivity contribution in [3.63, 3.8) is 0 Å². The summed E-state index contributed by atoms with van der Waals surface area (Å²) in [6.45, 7) is 12.3. The highest BCUT2D eigenvalue weighted by Crippen LogP contribution is 2.27. The van der Waals surface area contributed by atoms with Gasteiger partial charge in [0.1, 0.15) is 0 Å². The molecule has 0 aliphatic carbocycles. The minimum absolute atomic E-state index is 0.193. The Bertz CT molecular complexity index is 385. The van der Waals surface area contributed by atoms with E-state index in [9.17, 15) is 4.79 Å². The summed E-state index contributed by atoms with van der Waals surface area (Å²) in [6, 6.07) is 10.4. The predicted octanol–water partition coefficient (Wildman–Crippen LogP) is 3.61. The van der Waals surface area contributed by atoms with Crippen LogP contribution in [0.2, 0.25) is 0 Å². The van der Waals surface area contributed by atoms with Gasteiger partial charge in [0.15, 0.2) is 0 Å². The fourth-order valence-corrected chi connectivity index (χ4v) is 2.37. The zero-order valence-corrected chi connectivity index (χ0v) is 12.4. The van der Waals surface area contributed by atoms with Gasteiger partial charge >= 0.3 is 0 Å². The van der Waals surface area contributed by atoms with Crippen LogP contribution in [-0.2, 0) is 10.2 Å². The minimum atomic E-state index is -0.476. The summed E-state index contributed by atoms with van der Waals surface area (Å²) >= 11 is 0. The van der Waals surface area contributed by atoms with Crippen molar-refractivity contribution in [2.75, 3.05) is 0 Å². The maximum atomic E-state index is 12.8. The van der Waals surface area contributed by atoms with Gasteiger partial charge in [0.05, 0.1) is 5.41 Å². The Labute approximate surface area is 111 Å². The van der Waals surface area contributed by atoms with Gasteiger partial charge in [0.2, 0.25) is 5.91 Å². The lowest BCUT2D eigenvalue weighted by Gasteiger charge is -2.37. The molecule has 0 atom stereocenters. The zero-order chi connectivity index (χ0) is 13.9. The quantitative estimate of drug-likeness (QED) is 0.796. The third kappa shape index (κ3) is 2.92. The molecule has 1 amide bonds. The molecule has 0 radical (unpaired) electrons. The van der Waals surface area contributed by atoms with Crippen LogP contribution in [0.15, 0.2) is 30.3 Å². The SMILES string of the molecule is CC(C)N(C(=O)C(C)(C)c1ccccc1)C(C)C. The topological polar surface area (TPSA) is 20.3 Å². The lowest BCUT2D eigenvalue weighted by Crippen LogP contribution is -2.50. The summed E-state index contributed by atoms with van der Waals surface area (Å²) in [4.78, 5) is 14.7. The minimum Gasteiger partial charge on any atom is -0.337 e. The van der Waals surface area contributed by atoms with Gasteiger partial charge in [0.25, 0.3) is 0 Å². The Morgan fingerprint density at radius 3 is 1.83 bits per heavy atom. The van der Waals surface area contributed by atoms with Gasteiger partial charge in [-0.15, -0.1) is 0 Å². The summed E-state index contributed by atoms with van der Waals surface area (Å²) in [7, 11) is 0. The van der Waals surface area contributed by atoms with Crippen LogP contribution < -0.4 is 0 Å². The number of nitrogens with zero attached hydrogens (tertiary/aromatic N) is 1. The van der Waals surface area contributed by atoms with Gasteiger partial charge in [-0.3, -0.25) is 4.79 Å². The second-order valence-electron chi connectivity index (χ2n) is 5.89. The zero-order valence-electron chi connectivity index (χ0n) is 12.4. The first-order valence-electron chi connectivity index (χ1n) is 6.66. The van der Waals surface area contributed by atoms with Crippen LogP contribution in [0.5, 0.6) is 0 Å². The summed E-state index contributed by atoms with van der Waals surface area (Å²) in [5, 5.41) is 0. The predicted molar refractivity (Wildman–Crippen MR) is 76.6 cm³/mol. The smallest absolute Gasteiger partial charge is 0.233 e. The molecule has 2 heteroatoms. The molecule has 0 spiro atoms. The van der Waals surface area contributed by atoms with Gasteiger partial charge in [-0.05, 0) is 47.1 Å². The van der Waals surface area contributed by atoms with Gasteiger partial charge in [-0.2, -0.15) is 0 Å². The van der Waals surface area contributed by atoms with E-state index in [2.05, 4.69) is 27.7 Å². The first kappa shape index (κ1) is 14.7. The van der Waals surface area contributed by atoms with Crippen molar-refractivity contribution in [1.29, 1.82) is 0 Å². The van der Waals surface area contributed by atoms with Gasteiger partial charge in [0, 0.05) is 12.1 Å². The van der Waals surface area contributed by atoms with Crippen molar-refractivity contribution < 1.29 is 4.79 Å².